The van der Waals surface area contributed by atoms with Crippen LogP contribution in [0.5, 0.6) is 0 Å². The predicted octanol–water partition coefficient (Wildman–Crippen LogP) is 3.38. The predicted molar refractivity (Wildman–Crippen MR) is 48.6 cm³/mol. The van der Waals surface area contributed by atoms with Gasteiger partial charge in [-0.1, -0.05) is 0 Å². The molecule has 1 aromatic carbocycles. The zero-order valence-corrected chi connectivity index (χ0v) is 8.38. The standard InChI is InChI=1S/C9H6F4OS/c1-15-8-3-5(9(11,12)13)2-7(10)6(8)4-14/h2-4H,1H3. The quantitative estimate of drug-likeness (QED) is 0.446. The van der Waals surface area contributed by atoms with E-state index in [1.807, 2.05) is 0 Å². The van der Waals surface area contributed by atoms with Gasteiger partial charge in [0.15, 0.2) is 6.29 Å². The third-order valence-electron chi connectivity index (χ3n) is 1.76. The van der Waals surface area contributed by atoms with Crippen LogP contribution in [-0.4, -0.2) is 12.5 Å². The van der Waals surface area contributed by atoms with E-state index in [0.717, 1.165) is 17.8 Å². The van der Waals surface area contributed by atoms with E-state index in [1.54, 1.807) is 0 Å². The first-order chi connectivity index (χ1) is 6.90. The lowest BCUT2D eigenvalue weighted by Gasteiger charge is -2.10. The molecule has 6 heteroatoms. The van der Waals surface area contributed by atoms with Gasteiger partial charge in [0, 0.05) is 4.90 Å². The normalized spacial score (nSPS) is 11.5. The monoisotopic (exact) mass is 238 g/mol. The van der Waals surface area contributed by atoms with E-state index in [2.05, 4.69) is 0 Å². The molecule has 15 heavy (non-hydrogen) atoms. The van der Waals surface area contributed by atoms with Gasteiger partial charge >= 0.3 is 6.18 Å². The summed E-state index contributed by atoms with van der Waals surface area (Å²) in [6.45, 7) is 0. The highest BCUT2D eigenvalue weighted by Crippen LogP contribution is 2.33. The number of alkyl halides is 3. The number of hydrogen-bond donors (Lipinski definition) is 0. The van der Waals surface area contributed by atoms with Crippen molar-refractivity contribution in [1.82, 2.24) is 0 Å². The Kier molecular flexibility index (Phi) is 3.38. The maximum absolute atomic E-state index is 13.1. The van der Waals surface area contributed by atoms with Gasteiger partial charge in [0.2, 0.25) is 0 Å². The Hall–Kier alpha value is -1.04. The number of halogens is 4. The summed E-state index contributed by atoms with van der Waals surface area (Å²) >= 11 is 0.893. The molecule has 0 saturated heterocycles. The maximum atomic E-state index is 13.1. The van der Waals surface area contributed by atoms with E-state index in [0.29, 0.717) is 6.07 Å². The fourth-order valence-electron chi connectivity index (χ4n) is 1.04. The third kappa shape index (κ3) is 2.50. The molecule has 82 valence electrons. The van der Waals surface area contributed by atoms with Gasteiger partial charge in [0.05, 0.1) is 11.1 Å². The first-order valence-corrected chi connectivity index (χ1v) is 5.02. The molecule has 0 saturated carbocycles. The number of hydrogen-bond acceptors (Lipinski definition) is 2. The lowest BCUT2D eigenvalue weighted by Crippen LogP contribution is -2.07. The molecule has 0 amide bonds. The third-order valence-corrected chi connectivity index (χ3v) is 2.53. The highest BCUT2D eigenvalue weighted by Gasteiger charge is 2.32. The Bertz CT molecular complexity index is 386. The first-order valence-electron chi connectivity index (χ1n) is 3.80. The van der Waals surface area contributed by atoms with Crippen LogP contribution in [0, 0.1) is 5.82 Å². The molecule has 0 radical (unpaired) electrons. The van der Waals surface area contributed by atoms with Gasteiger partial charge in [-0.2, -0.15) is 13.2 Å². The van der Waals surface area contributed by atoms with E-state index >= 15 is 0 Å². The minimum Gasteiger partial charge on any atom is -0.298 e. The van der Waals surface area contributed by atoms with Gasteiger partial charge in [0.25, 0.3) is 0 Å². The summed E-state index contributed by atoms with van der Waals surface area (Å²) in [7, 11) is 0. The number of aldehydes is 1. The minimum absolute atomic E-state index is 0.0164. The van der Waals surface area contributed by atoms with Crippen molar-refractivity contribution in [1.29, 1.82) is 0 Å². The smallest absolute Gasteiger partial charge is 0.298 e. The van der Waals surface area contributed by atoms with Crippen molar-refractivity contribution < 1.29 is 22.4 Å². The van der Waals surface area contributed by atoms with Crippen LogP contribution in [0.15, 0.2) is 17.0 Å². The zero-order valence-electron chi connectivity index (χ0n) is 7.56. The Morgan fingerprint density at radius 2 is 1.93 bits per heavy atom. The number of carbonyl (C=O) groups excluding carboxylic acids is 1. The molecule has 1 rings (SSSR count). The highest BCUT2D eigenvalue weighted by molar-refractivity contribution is 7.98. The molecule has 0 N–H and O–H groups in total. The SMILES string of the molecule is CSc1cc(C(F)(F)F)cc(F)c1C=O. The van der Waals surface area contributed by atoms with Crippen molar-refractivity contribution in [2.75, 3.05) is 6.26 Å². The molecule has 0 unspecified atom stereocenters. The maximum Gasteiger partial charge on any atom is 0.416 e. The molecule has 0 spiro atoms. The lowest BCUT2D eigenvalue weighted by molar-refractivity contribution is -0.137. The number of rotatable bonds is 2. The van der Waals surface area contributed by atoms with Crippen LogP contribution in [0.1, 0.15) is 15.9 Å². The molecule has 0 aliphatic rings. The lowest BCUT2D eigenvalue weighted by atomic mass is 10.1. The molecule has 1 aromatic rings. The molecular weight excluding hydrogens is 232 g/mol. The van der Waals surface area contributed by atoms with Crippen LogP contribution < -0.4 is 0 Å². The van der Waals surface area contributed by atoms with Crippen molar-refractivity contribution in [3.05, 3.63) is 29.1 Å². The number of thioether (sulfide) groups is 1. The topological polar surface area (TPSA) is 17.1 Å². The molecule has 0 bridgehead atoms. The van der Waals surface area contributed by atoms with Gasteiger partial charge in [-0.3, -0.25) is 4.79 Å². The van der Waals surface area contributed by atoms with E-state index in [4.69, 9.17) is 0 Å². The van der Waals surface area contributed by atoms with E-state index in [1.165, 1.54) is 6.26 Å². The summed E-state index contributed by atoms with van der Waals surface area (Å²) in [6.07, 6.45) is -2.92. The first kappa shape index (κ1) is 12.0. The molecule has 0 atom stereocenters. The molecule has 1 nitrogen and oxygen atoms in total. The average Bonchev–Trinajstić information content (AvgIpc) is 2.15. The molecular formula is C9H6F4OS. The summed E-state index contributed by atoms with van der Waals surface area (Å²) < 4.78 is 49.9. The van der Waals surface area contributed by atoms with Gasteiger partial charge < -0.3 is 0 Å². The second-order valence-electron chi connectivity index (χ2n) is 2.69. The van der Waals surface area contributed by atoms with Crippen LogP contribution >= 0.6 is 11.8 Å². The summed E-state index contributed by atoms with van der Waals surface area (Å²) in [5.74, 6) is -1.15. The van der Waals surface area contributed by atoms with Crippen LogP contribution in [0.4, 0.5) is 17.6 Å². The zero-order chi connectivity index (χ0) is 11.6. The van der Waals surface area contributed by atoms with Crippen molar-refractivity contribution in [2.45, 2.75) is 11.1 Å². The minimum atomic E-state index is -4.60. The molecule has 0 aliphatic carbocycles. The van der Waals surface area contributed by atoms with Gasteiger partial charge in [-0.05, 0) is 18.4 Å². The summed E-state index contributed by atoms with van der Waals surface area (Å²) in [6, 6.07) is 1.08. The van der Waals surface area contributed by atoms with Gasteiger partial charge in [-0.25, -0.2) is 4.39 Å². The van der Waals surface area contributed by atoms with Crippen LogP contribution in [0.25, 0.3) is 0 Å². The van der Waals surface area contributed by atoms with Gasteiger partial charge in [-0.15, -0.1) is 11.8 Å². The second-order valence-corrected chi connectivity index (χ2v) is 3.54. The highest BCUT2D eigenvalue weighted by atomic mass is 32.2. The fourth-order valence-corrected chi connectivity index (χ4v) is 1.65. The molecule has 0 fully saturated rings. The van der Waals surface area contributed by atoms with Gasteiger partial charge in [0.1, 0.15) is 5.82 Å². The Balaban J connectivity index is 3.38. The molecule has 0 aromatic heterocycles. The largest absolute Gasteiger partial charge is 0.416 e. The molecule has 0 heterocycles. The van der Waals surface area contributed by atoms with Crippen LogP contribution in [0.3, 0.4) is 0 Å². The number of carbonyl (C=O) groups is 1. The van der Waals surface area contributed by atoms with E-state index in [9.17, 15) is 22.4 Å². The molecule has 0 aliphatic heterocycles. The van der Waals surface area contributed by atoms with Crippen LogP contribution in [-0.2, 0) is 6.18 Å². The fraction of sp³-hybridized carbons (Fsp3) is 0.222. The van der Waals surface area contributed by atoms with Crippen molar-refractivity contribution in [3.8, 4) is 0 Å². The average molecular weight is 238 g/mol. The summed E-state index contributed by atoms with van der Waals surface area (Å²) in [5.41, 5.74) is -1.43. The Morgan fingerprint density at radius 1 is 1.33 bits per heavy atom. The van der Waals surface area contributed by atoms with Crippen LogP contribution in [0.2, 0.25) is 0 Å². The van der Waals surface area contributed by atoms with Crippen molar-refractivity contribution >= 4 is 18.0 Å². The van der Waals surface area contributed by atoms with E-state index < -0.39 is 17.6 Å². The van der Waals surface area contributed by atoms with Crippen molar-refractivity contribution in [2.24, 2.45) is 0 Å². The Labute approximate surface area is 87.5 Å². The number of benzene rings is 1. The summed E-state index contributed by atoms with van der Waals surface area (Å²) in [5, 5.41) is 0. The second kappa shape index (κ2) is 4.22. The summed E-state index contributed by atoms with van der Waals surface area (Å²) in [4.78, 5) is 10.4. The van der Waals surface area contributed by atoms with Crippen molar-refractivity contribution in [3.63, 3.8) is 0 Å². The van der Waals surface area contributed by atoms with E-state index in [-0.39, 0.29) is 16.7 Å². The Morgan fingerprint density at radius 3 is 2.33 bits per heavy atom.